The highest BCUT2D eigenvalue weighted by molar-refractivity contribution is 5.86. The second-order valence-corrected chi connectivity index (χ2v) is 13.9. The van der Waals surface area contributed by atoms with Crippen LogP contribution in [-0.2, 0) is 11.8 Å². The lowest BCUT2D eigenvalue weighted by atomic mass is 9.73. The average Bonchev–Trinajstić information content (AvgIpc) is 3.45. The second-order valence-electron chi connectivity index (χ2n) is 13.9. The van der Waals surface area contributed by atoms with Gasteiger partial charge in [0.25, 0.3) is 0 Å². The van der Waals surface area contributed by atoms with Gasteiger partial charge in [0.05, 0.1) is 5.69 Å². The van der Waals surface area contributed by atoms with Gasteiger partial charge in [-0.05, 0) is 123 Å². The van der Waals surface area contributed by atoms with E-state index in [4.69, 9.17) is 4.98 Å². The van der Waals surface area contributed by atoms with Gasteiger partial charge in [0.1, 0.15) is 0 Å². The quantitative estimate of drug-likeness (QED) is 0.135. The van der Waals surface area contributed by atoms with Gasteiger partial charge in [-0.2, -0.15) is 0 Å². The van der Waals surface area contributed by atoms with E-state index in [1.807, 2.05) is 6.20 Å². The number of aromatic nitrogens is 1. The molecule has 0 fully saturated rings. The summed E-state index contributed by atoms with van der Waals surface area (Å²) in [4.78, 5) is 4.94. The van der Waals surface area contributed by atoms with Crippen LogP contribution >= 0.6 is 0 Å². The molecule has 1 aliphatic rings. The molecular weight excluding hydrogens is 603 g/mol. The van der Waals surface area contributed by atoms with Crippen molar-refractivity contribution in [2.75, 3.05) is 0 Å². The van der Waals surface area contributed by atoms with Crippen LogP contribution in [0.3, 0.4) is 0 Å². The number of nitrogens with zero attached hydrogens (tertiary/aromatic N) is 1. The van der Waals surface area contributed by atoms with Crippen molar-refractivity contribution in [2.24, 2.45) is 0 Å². The summed E-state index contributed by atoms with van der Waals surface area (Å²) in [6.07, 6.45) is 8.27. The number of rotatable bonds is 10. The Labute approximate surface area is 297 Å². The van der Waals surface area contributed by atoms with Crippen molar-refractivity contribution in [1.29, 1.82) is 0 Å². The molecule has 7 aromatic rings. The van der Waals surface area contributed by atoms with Crippen molar-refractivity contribution in [3.05, 3.63) is 186 Å². The van der Waals surface area contributed by atoms with E-state index in [1.54, 1.807) is 0 Å². The molecule has 1 aromatic heterocycles. The van der Waals surface area contributed by atoms with Crippen molar-refractivity contribution in [3.63, 3.8) is 0 Å². The molecule has 0 radical (unpaired) electrons. The fourth-order valence-corrected chi connectivity index (χ4v) is 7.88. The van der Waals surface area contributed by atoms with E-state index in [1.165, 1.54) is 86.9 Å². The Morgan fingerprint density at radius 3 is 1.76 bits per heavy atom. The highest BCUT2D eigenvalue weighted by Gasteiger charge is 2.40. The molecule has 1 atom stereocenters. The first-order chi connectivity index (χ1) is 24.6. The van der Waals surface area contributed by atoms with E-state index in [2.05, 4.69) is 172 Å². The summed E-state index contributed by atoms with van der Waals surface area (Å²) in [6.45, 7) is 4.68. The van der Waals surface area contributed by atoms with Crippen molar-refractivity contribution in [1.82, 2.24) is 4.98 Å². The number of aryl methyl sites for hydroxylation is 1. The van der Waals surface area contributed by atoms with Crippen LogP contribution in [0.15, 0.2) is 164 Å². The van der Waals surface area contributed by atoms with Crippen LogP contribution < -0.4 is 0 Å². The summed E-state index contributed by atoms with van der Waals surface area (Å²) in [5.41, 5.74) is 17.2. The standard InChI is InChI=1S/C49H43N/c1-3-4-5-8-15-35-22-25-43(26-23-35)49(2)46-21-14-13-20-44(46)45-27-24-39(33-47(45)49)48-34-38(28-29-50-48)42-31-40(36-16-9-6-10-17-36)30-41(32-42)37-18-11-7-12-19-37/h6-7,9-14,16-34H,3-5,8,15H2,1-2H3. The summed E-state index contributed by atoms with van der Waals surface area (Å²) in [6, 6.07) is 58.0. The predicted octanol–water partition coefficient (Wildman–Crippen LogP) is 13.2. The van der Waals surface area contributed by atoms with Crippen LogP contribution in [0.5, 0.6) is 0 Å². The molecular formula is C49H43N. The Bertz CT molecular complexity index is 2190. The molecule has 1 heteroatoms. The highest BCUT2D eigenvalue weighted by Crippen LogP contribution is 2.53. The van der Waals surface area contributed by atoms with Crippen LogP contribution in [-0.4, -0.2) is 4.98 Å². The van der Waals surface area contributed by atoms with E-state index < -0.39 is 0 Å². The minimum Gasteiger partial charge on any atom is -0.256 e. The van der Waals surface area contributed by atoms with Gasteiger partial charge in [-0.15, -0.1) is 0 Å². The van der Waals surface area contributed by atoms with Gasteiger partial charge in [-0.1, -0.05) is 148 Å². The molecule has 0 spiro atoms. The molecule has 0 saturated carbocycles. The van der Waals surface area contributed by atoms with Gasteiger partial charge >= 0.3 is 0 Å². The Hall–Kier alpha value is -5.53. The monoisotopic (exact) mass is 645 g/mol. The molecule has 8 rings (SSSR count). The second kappa shape index (κ2) is 13.8. The van der Waals surface area contributed by atoms with Gasteiger partial charge in [0.2, 0.25) is 0 Å². The van der Waals surface area contributed by atoms with Gasteiger partial charge in [0, 0.05) is 17.2 Å². The van der Waals surface area contributed by atoms with Crippen LogP contribution in [0.2, 0.25) is 0 Å². The summed E-state index contributed by atoms with van der Waals surface area (Å²) < 4.78 is 0. The topological polar surface area (TPSA) is 12.9 Å². The molecule has 0 bridgehead atoms. The van der Waals surface area contributed by atoms with E-state index in [-0.39, 0.29) is 5.41 Å². The van der Waals surface area contributed by atoms with E-state index in [9.17, 15) is 0 Å². The summed E-state index contributed by atoms with van der Waals surface area (Å²) in [5, 5.41) is 0. The van der Waals surface area contributed by atoms with E-state index in [0.717, 1.165) is 23.2 Å². The van der Waals surface area contributed by atoms with Gasteiger partial charge in [-0.3, -0.25) is 4.98 Å². The molecule has 244 valence electrons. The molecule has 1 unspecified atom stereocenters. The Morgan fingerprint density at radius 2 is 1.08 bits per heavy atom. The molecule has 1 nitrogen and oxygen atoms in total. The smallest absolute Gasteiger partial charge is 0.0708 e. The molecule has 0 amide bonds. The van der Waals surface area contributed by atoms with Gasteiger partial charge in [0.15, 0.2) is 0 Å². The van der Waals surface area contributed by atoms with Crippen molar-refractivity contribution in [3.8, 4) is 55.8 Å². The first kappa shape index (κ1) is 31.7. The largest absolute Gasteiger partial charge is 0.256 e. The Balaban J connectivity index is 1.19. The molecule has 6 aromatic carbocycles. The molecule has 50 heavy (non-hydrogen) atoms. The molecule has 0 aliphatic heterocycles. The number of hydrogen-bond donors (Lipinski definition) is 0. The lowest BCUT2D eigenvalue weighted by molar-refractivity contribution is 0.666. The van der Waals surface area contributed by atoms with Crippen molar-refractivity contribution >= 4 is 0 Å². The minimum absolute atomic E-state index is 0.255. The predicted molar refractivity (Wildman–Crippen MR) is 211 cm³/mol. The first-order valence-electron chi connectivity index (χ1n) is 18.2. The molecule has 1 heterocycles. The summed E-state index contributed by atoms with van der Waals surface area (Å²) >= 11 is 0. The normalized spacial score (nSPS) is 14.7. The van der Waals surface area contributed by atoms with Crippen LogP contribution in [0.1, 0.15) is 61.8 Å². The summed E-state index contributed by atoms with van der Waals surface area (Å²) in [5.74, 6) is 0. The highest BCUT2D eigenvalue weighted by atomic mass is 14.7. The SMILES string of the molecule is CCCCCCc1ccc(C2(C)c3ccccc3-c3ccc(-c4cc(-c5cc(-c6ccccc6)cc(-c6ccccc6)c5)ccn4)cc32)cc1. The zero-order chi connectivity index (χ0) is 33.9. The fourth-order valence-electron chi connectivity index (χ4n) is 7.88. The third-order valence-electron chi connectivity index (χ3n) is 10.7. The summed E-state index contributed by atoms with van der Waals surface area (Å²) in [7, 11) is 0. The fraction of sp³-hybridized carbons (Fsp3) is 0.163. The third-order valence-corrected chi connectivity index (χ3v) is 10.7. The number of hydrogen-bond acceptors (Lipinski definition) is 1. The lowest BCUT2D eigenvalue weighted by Crippen LogP contribution is -2.22. The van der Waals surface area contributed by atoms with Crippen molar-refractivity contribution in [2.45, 2.75) is 51.4 Å². The van der Waals surface area contributed by atoms with Crippen LogP contribution in [0, 0.1) is 0 Å². The number of fused-ring (bicyclic) bond motifs is 3. The maximum Gasteiger partial charge on any atom is 0.0708 e. The zero-order valence-electron chi connectivity index (χ0n) is 29.1. The molecule has 1 aliphatic carbocycles. The van der Waals surface area contributed by atoms with Gasteiger partial charge < -0.3 is 0 Å². The average molecular weight is 646 g/mol. The number of benzene rings is 6. The van der Waals surface area contributed by atoms with E-state index >= 15 is 0 Å². The zero-order valence-corrected chi connectivity index (χ0v) is 29.1. The van der Waals surface area contributed by atoms with E-state index in [0.29, 0.717) is 0 Å². The van der Waals surface area contributed by atoms with Crippen LogP contribution in [0.4, 0.5) is 0 Å². The van der Waals surface area contributed by atoms with Crippen LogP contribution in [0.25, 0.3) is 55.8 Å². The number of pyridine rings is 1. The lowest BCUT2D eigenvalue weighted by Gasteiger charge is -2.29. The first-order valence-corrected chi connectivity index (χ1v) is 18.2. The van der Waals surface area contributed by atoms with Crippen molar-refractivity contribution < 1.29 is 0 Å². The minimum atomic E-state index is -0.255. The Morgan fingerprint density at radius 1 is 0.460 bits per heavy atom. The maximum absolute atomic E-state index is 4.94. The molecule has 0 saturated heterocycles. The van der Waals surface area contributed by atoms with Gasteiger partial charge in [-0.25, -0.2) is 0 Å². The number of unbranched alkanes of at least 4 members (excludes halogenated alkanes) is 3. The molecule has 0 N–H and O–H groups in total. The Kier molecular flexibility index (Phi) is 8.73. The maximum atomic E-state index is 4.94. The third kappa shape index (κ3) is 5.98.